The predicted molar refractivity (Wildman–Crippen MR) is 228 cm³/mol. The minimum absolute atomic E-state index is 0.00288. The van der Waals surface area contributed by atoms with Crippen LogP contribution in [0.5, 0.6) is 0 Å². The number of para-hydroxylation sites is 2. The quantitative estimate of drug-likeness (QED) is 0.0357. The lowest BCUT2D eigenvalue weighted by atomic mass is 9.94. The Labute approximate surface area is 338 Å². The van der Waals surface area contributed by atoms with E-state index in [0.717, 1.165) is 65.2 Å². The third kappa shape index (κ3) is 9.68. The summed E-state index contributed by atoms with van der Waals surface area (Å²) in [4.78, 5) is 46.2. The molecule has 0 bridgehead atoms. The number of anilines is 3. The first-order valence-electron chi connectivity index (χ1n) is 17.6. The topological polar surface area (TPSA) is 99.9 Å². The molecule has 6 rings (SSSR count). The second-order valence-corrected chi connectivity index (χ2v) is 16.1. The largest absolute Gasteiger partial charge is 0.479 e. The highest BCUT2D eigenvalue weighted by molar-refractivity contribution is 8.23. The highest BCUT2D eigenvalue weighted by Crippen LogP contribution is 2.40. The number of thiophene rings is 2. The minimum Gasteiger partial charge on any atom is -0.479 e. The van der Waals surface area contributed by atoms with Gasteiger partial charge in [-0.1, -0.05) is 67.2 Å². The zero-order chi connectivity index (χ0) is 38.7. The van der Waals surface area contributed by atoms with Crippen molar-refractivity contribution in [1.29, 1.82) is 5.26 Å². The number of rotatable bonds is 14. The molecule has 8 nitrogen and oxygen atoms in total. The van der Waals surface area contributed by atoms with Gasteiger partial charge in [-0.2, -0.15) is 5.26 Å². The molecule has 0 spiro atoms. The van der Waals surface area contributed by atoms with Crippen LogP contribution in [0.4, 0.5) is 17.1 Å². The van der Waals surface area contributed by atoms with E-state index in [-0.39, 0.29) is 40.9 Å². The van der Waals surface area contributed by atoms with Crippen molar-refractivity contribution in [2.24, 2.45) is 0 Å². The van der Waals surface area contributed by atoms with Gasteiger partial charge in [0.2, 0.25) is 4.38 Å². The summed E-state index contributed by atoms with van der Waals surface area (Å²) in [7, 11) is 0. The Kier molecular flexibility index (Phi) is 13.5. The first kappa shape index (κ1) is 39.4. The number of carbonyl (C=O) groups excluding carboxylic acids is 3. The van der Waals surface area contributed by atoms with E-state index in [9.17, 15) is 19.6 Å². The lowest BCUT2D eigenvalue weighted by Gasteiger charge is -2.27. The number of hydrogen-bond donors (Lipinski definition) is 0. The van der Waals surface area contributed by atoms with E-state index < -0.39 is 17.8 Å². The number of esters is 1. The van der Waals surface area contributed by atoms with Crippen LogP contribution < -0.4 is 4.90 Å². The average Bonchev–Trinajstić information content (AvgIpc) is 3.90. The molecule has 3 heterocycles. The predicted octanol–water partition coefficient (Wildman–Crippen LogP) is 10.6. The molecule has 3 aromatic carbocycles. The standard InChI is InChI=1S/C43H37N3O5S4/c1-3-24-51-43(52)53-28-40(47)50-25-10-23-45-41(48)35(29(2)36(27-44)42(45)49)26-34-19-20-38(54-34)39-22-21-37(55-39)30-15-17-33(18-16-30)46(31-11-6-4-7-12-31)32-13-8-5-9-14-32/h4-9,11-22,26H,3,10,23-25,28H2,1-2H3/b35-26-. The van der Waals surface area contributed by atoms with Crippen molar-refractivity contribution in [3.8, 4) is 26.3 Å². The van der Waals surface area contributed by atoms with Crippen molar-refractivity contribution in [3.05, 3.63) is 131 Å². The Hall–Kier alpha value is -5.32. The molecule has 0 fully saturated rings. The third-order valence-corrected chi connectivity index (χ3v) is 12.1. The Morgan fingerprint density at radius 2 is 1.44 bits per heavy atom. The van der Waals surface area contributed by atoms with E-state index >= 15 is 0 Å². The molecule has 0 atom stereocenters. The molecule has 278 valence electrons. The van der Waals surface area contributed by atoms with Gasteiger partial charge in [0.15, 0.2) is 0 Å². The normalized spacial score (nSPS) is 13.5. The molecule has 0 N–H and O–H groups in total. The molecule has 2 amide bonds. The summed E-state index contributed by atoms with van der Waals surface area (Å²) in [5.41, 5.74) is 4.87. The van der Waals surface area contributed by atoms with E-state index in [2.05, 4.69) is 65.6 Å². The van der Waals surface area contributed by atoms with Gasteiger partial charge < -0.3 is 14.4 Å². The Balaban J connectivity index is 1.12. The highest BCUT2D eigenvalue weighted by atomic mass is 32.2. The smallest absolute Gasteiger partial charge is 0.316 e. The van der Waals surface area contributed by atoms with Crippen LogP contribution in [0.25, 0.3) is 26.3 Å². The molecule has 0 unspecified atom stereocenters. The van der Waals surface area contributed by atoms with Crippen LogP contribution >= 0.6 is 46.7 Å². The fraction of sp³-hybridized carbons (Fsp3) is 0.186. The molecule has 2 aromatic heterocycles. The zero-order valence-electron chi connectivity index (χ0n) is 30.2. The van der Waals surface area contributed by atoms with E-state index in [1.807, 2.05) is 61.5 Å². The van der Waals surface area contributed by atoms with Gasteiger partial charge in [-0.25, -0.2) is 0 Å². The summed E-state index contributed by atoms with van der Waals surface area (Å²) in [6.45, 7) is 4.07. The van der Waals surface area contributed by atoms with Gasteiger partial charge in [-0.3, -0.25) is 19.3 Å². The van der Waals surface area contributed by atoms with Crippen molar-refractivity contribution < 1.29 is 23.9 Å². The van der Waals surface area contributed by atoms with Crippen molar-refractivity contribution in [1.82, 2.24) is 4.90 Å². The summed E-state index contributed by atoms with van der Waals surface area (Å²) >= 11 is 9.37. The van der Waals surface area contributed by atoms with Crippen molar-refractivity contribution in [2.45, 2.75) is 26.7 Å². The summed E-state index contributed by atoms with van der Waals surface area (Å²) in [5, 5.41) is 9.83. The van der Waals surface area contributed by atoms with Gasteiger partial charge >= 0.3 is 5.97 Å². The molecular weight excluding hydrogens is 767 g/mol. The van der Waals surface area contributed by atoms with Gasteiger partial charge in [0.1, 0.15) is 11.6 Å². The maximum atomic E-state index is 13.6. The van der Waals surface area contributed by atoms with E-state index in [1.165, 1.54) is 11.3 Å². The van der Waals surface area contributed by atoms with Gasteiger partial charge in [-0.05, 0) is 110 Å². The van der Waals surface area contributed by atoms with Crippen LogP contribution in [0.15, 0.2) is 126 Å². The summed E-state index contributed by atoms with van der Waals surface area (Å²) in [6.07, 6.45) is 2.77. The molecule has 1 aliphatic rings. The molecule has 0 saturated carbocycles. The van der Waals surface area contributed by atoms with Crippen LogP contribution in [0.3, 0.4) is 0 Å². The number of hydrogen-bond acceptors (Lipinski definition) is 11. The third-order valence-electron chi connectivity index (χ3n) is 8.55. The average molecular weight is 804 g/mol. The minimum atomic E-state index is -0.652. The van der Waals surface area contributed by atoms with Crippen LogP contribution in [-0.4, -0.2) is 52.6 Å². The molecular formula is C43H37N3O5S4. The summed E-state index contributed by atoms with van der Waals surface area (Å²) in [5.74, 6) is -1.61. The second-order valence-electron chi connectivity index (χ2n) is 12.3. The molecule has 55 heavy (non-hydrogen) atoms. The lowest BCUT2D eigenvalue weighted by molar-refractivity contribution is -0.141. The maximum Gasteiger partial charge on any atom is 0.316 e. The summed E-state index contributed by atoms with van der Waals surface area (Å²) in [6, 6.07) is 39.3. The van der Waals surface area contributed by atoms with Crippen molar-refractivity contribution in [3.63, 3.8) is 0 Å². The van der Waals surface area contributed by atoms with Gasteiger partial charge in [-0.15, -0.1) is 22.7 Å². The van der Waals surface area contributed by atoms with Gasteiger partial charge in [0, 0.05) is 48.7 Å². The first-order valence-corrected chi connectivity index (χ1v) is 20.6. The molecule has 5 aromatic rings. The number of amides is 2. The van der Waals surface area contributed by atoms with Crippen molar-refractivity contribution in [2.75, 3.05) is 30.4 Å². The summed E-state index contributed by atoms with van der Waals surface area (Å²) < 4.78 is 10.8. The van der Waals surface area contributed by atoms with E-state index in [4.69, 9.17) is 21.7 Å². The molecule has 0 radical (unpaired) electrons. The Morgan fingerprint density at radius 3 is 2.09 bits per heavy atom. The van der Waals surface area contributed by atoms with Crippen LogP contribution in [-0.2, 0) is 23.9 Å². The fourth-order valence-electron chi connectivity index (χ4n) is 5.83. The van der Waals surface area contributed by atoms with Gasteiger partial charge in [0.05, 0.1) is 19.0 Å². The molecule has 0 saturated heterocycles. The monoisotopic (exact) mass is 803 g/mol. The lowest BCUT2D eigenvalue weighted by Crippen LogP contribution is -2.43. The molecule has 0 aliphatic carbocycles. The Bertz CT molecular complexity index is 2230. The van der Waals surface area contributed by atoms with Gasteiger partial charge in [0.25, 0.3) is 11.8 Å². The number of ether oxygens (including phenoxy) is 2. The number of imide groups is 1. The number of benzene rings is 3. The fourth-order valence-corrected chi connectivity index (χ4v) is 8.63. The van der Waals surface area contributed by atoms with Crippen LogP contribution in [0.2, 0.25) is 0 Å². The van der Waals surface area contributed by atoms with E-state index in [1.54, 1.807) is 24.3 Å². The zero-order valence-corrected chi connectivity index (χ0v) is 33.5. The number of carbonyl (C=O) groups is 3. The number of nitriles is 1. The number of nitrogens with zero attached hydrogens (tertiary/aromatic N) is 3. The number of thiocarbonyl (C=S) groups is 1. The first-order chi connectivity index (χ1) is 26.8. The number of thioether (sulfide) groups is 1. The molecule has 1 aliphatic heterocycles. The SMILES string of the molecule is CCCOC(=S)SCC(=O)OCCCN1C(=O)C(C#N)=C(C)/C(=C/c2ccc(-c3ccc(-c4ccc(N(c5ccccc5)c5ccccc5)cc4)s3)s2)C1=O. The molecule has 12 heteroatoms. The van der Waals surface area contributed by atoms with Crippen LogP contribution in [0.1, 0.15) is 31.6 Å². The van der Waals surface area contributed by atoms with E-state index in [0.29, 0.717) is 12.2 Å². The van der Waals surface area contributed by atoms with Crippen molar-refractivity contribution >= 4 is 92.0 Å². The van der Waals surface area contributed by atoms with Crippen LogP contribution in [0, 0.1) is 11.3 Å². The maximum absolute atomic E-state index is 13.6. The second kappa shape index (κ2) is 18.8. The Morgan fingerprint density at radius 1 is 0.818 bits per heavy atom. The highest BCUT2D eigenvalue weighted by Gasteiger charge is 2.35.